The minimum Gasteiger partial charge on any atom is -0.305 e. The van der Waals surface area contributed by atoms with E-state index in [2.05, 4.69) is 4.98 Å². The van der Waals surface area contributed by atoms with Gasteiger partial charge in [0.25, 0.3) is 5.56 Å². The van der Waals surface area contributed by atoms with Crippen LogP contribution in [0, 0.1) is 11.3 Å². The molecule has 0 bridgehead atoms. The Labute approximate surface area is 92.7 Å². The topological polar surface area (TPSA) is 81.9 Å². The maximum Gasteiger partial charge on any atom is 0.328 e. The molecule has 0 aliphatic rings. The maximum absolute atomic E-state index is 11.4. The van der Waals surface area contributed by atoms with Crippen molar-refractivity contribution < 1.29 is 0 Å². The molecule has 0 aromatic carbocycles. The highest BCUT2D eigenvalue weighted by molar-refractivity contribution is 5.21. The number of nitriles is 1. The third-order valence-corrected chi connectivity index (χ3v) is 2.47. The van der Waals surface area contributed by atoms with Crippen molar-refractivity contribution in [2.75, 3.05) is 14.1 Å². The van der Waals surface area contributed by atoms with Crippen LogP contribution in [-0.2, 0) is 6.54 Å². The second-order valence-corrected chi connectivity index (χ2v) is 3.88. The molecular weight excluding hydrogens is 208 g/mol. The van der Waals surface area contributed by atoms with Crippen molar-refractivity contribution >= 4 is 0 Å². The number of hydrogen-bond donors (Lipinski definition) is 1. The van der Waals surface area contributed by atoms with Gasteiger partial charge in [0, 0.05) is 18.8 Å². The molecule has 0 spiro atoms. The van der Waals surface area contributed by atoms with Gasteiger partial charge >= 0.3 is 5.69 Å². The van der Waals surface area contributed by atoms with Gasteiger partial charge in [-0.05, 0) is 21.0 Å². The van der Waals surface area contributed by atoms with Crippen molar-refractivity contribution in [3.8, 4) is 6.07 Å². The van der Waals surface area contributed by atoms with Crippen LogP contribution in [0.25, 0.3) is 0 Å². The standard InChI is InChI=1S/C10H14N4O2/c1-7(13(2)3)5-14-6-8(4-11)9(15)12-10(14)16/h6-7H,5H2,1-3H3,(H,12,15,16)/t7-/m1/s1. The van der Waals surface area contributed by atoms with Gasteiger partial charge < -0.3 is 4.90 Å². The molecule has 6 nitrogen and oxygen atoms in total. The summed E-state index contributed by atoms with van der Waals surface area (Å²) in [5, 5.41) is 8.68. The molecular formula is C10H14N4O2. The molecule has 0 aliphatic heterocycles. The summed E-state index contributed by atoms with van der Waals surface area (Å²) in [6.07, 6.45) is 1.29. The molecule has 1 aromatic rings. The number of H-pyrrole nitrogens is 1. The molecule has 1 heterocycles. The van der Waals surface area contributed by atoms with Gasteiger partial charge in [0.05, 0.1) is 0 Å². The quantitative estimate of drug-likeness (QED) is 0.737. The first-order chi connectivity index (χ1) is 7.45. The zero-order valence-electron chi connectivity index (χ0n) is 9.52. The summed E-state index contributed by atoms with van der Waals surface area (Å²) in [6, 6.07) is 1.88. The first-order valence-electron chi connectivity index (χ1n) is 4.86. The van der Waals surface area contributed by atoms with E-state index in [9.17, 15) is 9.59 Å². The molecule has 1 rings (SSSR count). The third-order valence-electron chi connectivity index (χ3n) is 2.47. The fourth-order valence-electron chi connectivity index (χ4n) is 1.17. The molecule has 0 aliphatic carbocycles. The minimum atomic E-state index is -0.638. The zero-order valence-corrected chi connectivity index (χ0v) is 9.52. The average molecular weight is 222 g/mol. The normalized spacial score (nSPS) is 12.4. The Balaban J connectivity index is 3.12. The first-order valence-corrected chi connectivity index (χ1v) is 4.86. The Bertz CT molecular complexity index is 521. The highest BCUT2D eigenvalue weighted by Gasteiger charge is 2.09. The van der Waals surface area contributed by atoms with Crippen LogP contribution in [0.5, 0.6) is 0 Å². The average Bonchev–Trinajstić information content (AvgIpc) is 2.21. The maximum atomic E-state index is 11.4. The van der Waals surface area contributed by atoms with Crippen molar-refractivity contribution in [3.63, 3.8) is 0 Å². The van der Waals surface area contributed by atoms with Crippen molar-refractivity contribution in [1.82, 2.24) is 14.5 Å². The number of nitrogens with zero attached hydrogens (tertiary/aromatic N) is 3. The number of aromatic amines is 1. The van der Waals surface area contributed by atoms with E-state index < -0.39 is 11.2 Å². The number of rotatable bonds is 3. The number of nitrogens with one attached hydrogen (secondary N) is 1. The lowest BCUT2D eigenvalue weighted by atomic mass is 10.3. The van der Waals surface area contributed by atoms with Gasteiger partial charge in [0.15, 0.2) is 0 Å². The summed E-state index contributed by atoms with van der Waals surface area (Å²) in [4.78, 5) is 26.6. The summed E-state index contributed by atoms with van der Waals surface area (Å²) in [6.45, 7) is 2.38. The Kier molecular flexibility index (Phi) is 3.64. The smallest absolute Gasteiger partial charge is 0.305 e. The highest BCUT2D eigenvalue weighted by Crippen LogP contribution is 1.95. The lowest BCUT2D eigenvalue weighted by molar-refractivity contribution is 0.280. The second-order valence-electron chi connectivity index (χ2n) is 3.88. The van der Waals surface area contributed by atoms with Crippen LogP contribution in [0.4, 0.5) is 0 Å². The van der Waals surface area contributed by atoms with Crippen molar-refractivity contribution in [3.05, 3.63) is 32.6 Å². The van der Waals surface area contributed by atoms with Gasteiger partial charge in [-0.15, -0.1) is 0 Å². The van der Waals surface area contributed by atoms with Crippen LogP contribution in [-0.4, -0.2) is 34.6 Å². The van der Waals surface area contributed by atoms with Gasteiger partial charge in [-0.3, -0.25) is 14.3 Å². The van der Waals surface area contributed by atoms with Gasteiger partial charge in [0.1, 0.15) is 11.6 Å². The Morgan fingerprint density at radius 1 is 1.56 bits per heavy atom. The Morgan fingerprint density at radius 2 is 2.19 bits per heavy atom. The van der Waals surface area contributed by atoms with Crippen LogP contribution in [0.15, 0.2) is 15.8 Å². The summed E-state index contributed by atoms with van der Waals surface area (Å²) < 4.78 is 1.34. The predicted molar refractivity (Wildman–Crippen MR) is 59.2 cm³/mol. The van der Waals surface area contributed by atoms with Crippen LogP contribution >= 0.6 is 0 Å². The largest absolute Gasteiger partial charge is 0.328 e. The number of likely N-dealkylation sites (N-methyl/N-ethyl adjacent to an activating group) is 1. The molecule has 0 amide bonds. The summed E-state index contributed by atoms with van der Waals surface area (Å²) >= 11 is 0. The number of aromatic nitrogens is 2. The van der Waals surface area contributed by atoms with Gasteiger partial charge in [-0.1, -0.05) is 0 Å². The fourth-order valence-corrected chi connectivity index (χ4v) is 1.17. The summed E-state index contributed by atoms with van der Waals surface area (Å²) in [5.41, 5.74) is -1.18. The molecule has 0 saturated carbocycles. The van der Waals surface area contributed by atoms with Crippen LogP contribution in [0.2, 0.25) is 0 Å². The van der Waals surface area contributed by atoms with E-state index in [1.807, 2.05) is 25.9 Å². The van der Waals surface area contributed by atoms with Crippen molar-refractivity contribution in [1.29, 1.82) is 5.26 Å². The van der Waals surface area contributed by atoms with Gasteiger partial charge in [-0.2, -0.15) is 5.26 Å². The molecule has 0 unspecified atom stereocenters. The molecule has 16 heavy (non-hydrogen) atoms. The lowest BCUT2D eigenvalue weighted by Crippen LogP contribution is -2.37. The van der Waals surface area contributed by atoms with Crippen LogP contribution < -0.4 is 11.2 Å². The van der Waals surface area contributed by atoms with E-state index in [0.29, 0.717) is 6.54 Å². The van der Waals surface area contributed by atoms with Crippen LogP contribution in [0.1, 0.15) is 12.5 Å². The second kappa shape index (κ2) is 4.77. The van der Waals surface area contributed by atoms with Crippen molar-refractivity contribution in [2.45, 2.75) is 19.5 Å². The molecule has 0 radical (unpaired) electrons. The van der Waals surface area contributed by atoms with E-state index >= 15 is 0 Å². The Hall–Kier alpha value is -1.87. The van der Waals surface area contributed by atoms with Gasteiger partial charge in [0.2, 0.25) is 0 Å². The summed E-state index contributed by atoms with van der Waals surface area (Å²) in [5.74, 6) is 0. The SMILES string of the molecule is C[C@H](Cn1cc(C#N)c(=O)[nH]c1=O)N(C)C. The highest BCUT2D eigenvalue weighted by atomic mass is 16.2. The molecule has 1 atom stereocenters. The molecule has 0 fully saturated rings. The predicted octanol–water partition coefficient (Wildman–Crippen LogP) is -0.642. The fraction of sp³-hybridized carbons (Fsp3) is 0.500. The first kappa shape index (κ1) is 12.2. The van der Waals surface area contributed by atoms with E-state index in [1.165, 1.54) is 10.8 Å². The molecule has 6 heteroatoms. The van der Waals surface area contributed by atoms with E-state index in [-0.39, 0.29) is 11.6 Å². The molecule has 1 N–H and O–H groups in total. The van der Waals surface area contributed by atoms with E-state index in [1.54, 1.807) is 6.07 Å². The van der Waals surface area contributed by atoms with E-state index in [4.69, 9.17) is 5.26 Å². The lowest BCUT2D eigenvalue weighted by Gasteiger charge is -2.20. The third kappa shape index (κ3) is 2.58. The molecule has 0 saturated heterocycles. The minimum absolute atomic E-state index is 0.0504. The summed E-state index contributed by atoms with van der Waals surface area (Å²) in [7, 11) is 3.79. The molecule has 86 valence electrons. The molecule has 1 aromatic heterocycles. The van der Waals surface area contributed by atoms with E-state index in [0.717, 1.165) is 0 Å². The van der Waals surface area contributed by atoms with Crippen molar-refractivity contribution in [2.24, 2.45) is 0 Å². The monoisotopic (exact) mass is 222 g/mol. The van der Waals surface area contributed by atoms with Gasteiger partial charge in [-0.25, -0.2) is 4.79 Å². The zero-order chi connectivity index (χ0) is 12.3. The number of hydrogen-bond acceptors (Lipinski definition) is 4. The Morgan fingerprint density at radius 3 is 2.69 bits per heavy atom. The van der Waals surface area contributed by atoms with Crippen LogP contribution in [0.3, 0.4) is 0 Å².